The average molecular weight is 432 g/mol. The van der Waals surface area contributed by atoms with Gasteiger partial charge >= 0.3 is 5.97 Å². The molecule has 0 atom stereocenters. The second-order valence-corrected chi connectivity index (χ2v) is 7.97. The molecule has 1 aromatic rings. The Bertz CT molecular complexity index is 759. The Hall–Kier alpha value is -2.21. The van der Waals surface area contributed by atoms with Crippen LogP contribution in [-0.4, -0.2) is 35.5 Å². The highest BCUT2D eigenvalue weighted by Gasteiger charge is 2.30. The second-order valence-electron chi connectivity index (χ2n) is 7.74. The molecule has 0 saturated heterocycles. The van der Waals surface area contributed by atoms with E-state index < -0.39 is 5.97 Å². The van der Waals surface area contributed by atoms with E-state index in [0.717, 1.165) is 12.8 Å². The lowest BCUT2D eigenvalue weighted by Gasteiger charge is -2.16. The third-order valence-corrected chi connectivity index (χ3v) is 5.57. The standard InChI is InChI=1S/C24H33NO4S/c1-2-3-4-5-6-7-8-9-10-11-15-29-24(28)19-13-12-14-20(16-19)25-17-22(26)21(18-30)23(25)27/h12-14,16,18,26H,2-11,15,17H2,1H3. The van der Waals surface area contributed by atoms with Crippen molar-refractivity contribution in [1.82, 2.24) is 0 Å². The number of unbranched alkanes of at least 4 members (excludes halogenated alkanes) is 9. The summed E-state index contributed by atoms with van der Waals surface area (Å²) < 4.78 is 5.38. The number of hydrogen-bond acceptors (Lipinski definition) is 5. The van der Waals surface area contributed by atoms with Crippen LogP contribution in [0.5, 0.6) is 0 Å². The number of hydrogen-bond donors (Lipinski definition) is 1. The summed E-state index contributed by atoms with van der Waals surface area (Å²) in [5, 5.41) is 11.0. The van der Waals surface area contributed by atoms with Crippen LogP contribution in [0.15, 0.2) is 35.6 Å². The van der Waals surface area contributed by atoms with Crippen molar-refractivity contribution in [3.63, 3.8) is 0 Å². The summed E-state index contributed by atoms with van der Waals surface area (Å²) in [4.78, 5) is 26.0. The molecule has 0 saturated carbocycles. The first-order valence-corrected chi connectivity index (χ1v) is 11.5. The van der Waals surface area contributed by atoms with Gasteiger partial charge in [0, 0.05) is 11.1 Å². The fraction of sp³-hybridized carbons (Fsp3) is 0.542. The summed E-state index contributed by atoms with van der Waals surface area (Å²) in [7, 11) is 0. The second kappa shape index (κ2) is 13.2. The van der Waals surface area contributed by atoms with Gasteiger partial charge in [-0.3, -0.25) is 4.79 Å². The van der Waals surface area contributed by atoms with Crippen molar-refractivity contribution in [3.05, 3.63) is 41.2 Å². The summed E-state index contributed by atoms with van der Waals surface area (Å²) in [5.41, 5.74) is 1.05. The van der Waals surface area contributed by atoms with Crippen LogP contribution in [0.4, 0.5) is 5.69 Å². The van der Waals surface area contributed by atoms with Crippen LogP contribution in [0.25, 0.3) is 0 Å². The summed E-state index contributed by atoms with van der Waals surface area (Å²) >= 11 is 4.79. The maximum Gasteiger partial charge on any atom is 0.338 e. The van der Waals surface area contributed by atoms with Crippen LogP contribution in [0, 0.1) is 0 Å². The quantitative estimate of drug-likeness (QED) is 0.225. The number of aliphatic hydroxyl groups is 1. The van der Waals surface area contributed by atoms with E-state index in [1.54, 1.807) is 24.3 Å². The molecule has 0 radical (unpaired) electrons. The Labute approximate surface area is 185 Å². The fourth-order valence-corrected chi connectivity index (χ4v) is 3.78. The molecule has 0 spiro atoms. The SMILES string of the molecule is CCCCCCCCCCCCOC(=O)c1cccc(N2CC(O)=C(C=S)C2=O)c1. The van der Waals surface area contributed by atoms with Crippen molar-refractivity contribution in [2.24, 2.45) is 0 Å². The molecule has 164 valence electrons. The molecular weight excluding hydrogens is 398 g/mol. The Morgan fingerprint density at radius 3 is 2.33 bits per heavy atom. The summed E-state index contributed by atoms with van der Waals surface area (Å²) in [5.74, 6) is -0.811. The maximum atomic E-state index is 12.3. The Morgan fingerprint density at radius 1 is 1.10 bits per heavy atom. The normalized spacial score (nSPS) is 13.8. The van der Waals surface area contributed by atoms with E-state index >= 15 is 0 Å². The van der Waals surface area contributed by atoms with Gasteiger partial charge in [0.1, 0.15) is 5.76 Å². The summed E-state index contributed by atoms with van der Waals surface area (Å²) in [6.45, 7) is 2.69. The number of esters is 1. The third kappa shape index (κ3) is 7.24. The highest BCUT2D eigenvalue weighted by Crippen LogP contribution is 2.25. The van der Waals surface area contributed by atoms with Crippen molar-refractivity contribution >= 4 is 35.1 Å². The van der Waals surface area contributed by atoms with Gasteiger partial charge in [-0.1, -0.05) is 83.0 Å². The highest BCUT2D eigenvalue weighted by atomic mass is 32.1. The number of rotatable bonds is 14. The lowest BCUT2D eigenvalue weighted by atomic mass is 10.1. The minimum absolute atomic E-state index is 0.0519. The number of amides is 1. The smallest absolute Gasteiger partial charge is 0.338 e. The van der Waals surface area contributed by atoms with Crippen LogP contribution in [0.1, 0.15) is 81.5 Å². The van der Waals surface area contributed by atoms with E-state index in [4.69, 9.17) is 17.0 Å². The zero-order chi connectivity index (χ0) is 21.8. The first-order chi connectivity index (χ1) is 14.6. The third-order valence-electron chi connectivity index (χ3n) is 5.34. The number of nitrogens with zero attached hydrogens (tertiary/aromatic N) is 1. The molecule has 1 N–H and O–H groups in total. The van der Waals surface area contributed by atoms with E-state index in [1.807, 2.05) is 0 Å². The van der Waals surface area contributed by atoms with Crippen molar-refractivity contribution in [1.29, 1.82) is 0 Å². The number of anilines is 1. The molecule has 0 bridgehead atoms. The minimum Gasteiger partial charge on any atom is -0.510 e. The van der Waals surface area contributed by atoms with Gasteiger partial charge in [-0.05, 0) is 24.6 Å². The number of ether oxygens (including phenoxy) is 1. The van der Waals surface area contributed by atoms with Gasteiger partial charge in [0.25, 0.3) is 5.91 Å². The van der Waals surface area contributed by atoms with Crippen LogP contribution < -0.4 is 4.90 Å². The summed E-state index contributed by atoms with van der Waals surface area (Å²) in [6.07, 6.45) is 12.3. The molecule has 1 aromatic carbocycles. The molecule has 0 fully saturated rings. The van der Waals surface area contributed by atoms with Crippen molar-refractivity contribution in [2.75, 3.05) is 18.1 Å². The van der Waals surface area contributed by atoms with Crippen molar-refractivity contribution in [2.45, 2.75) is 71.1 Å². The Morgan fingerprint density at radius 2 is 1.73 bits per heavy atom. The van der Waals surface area contributed by atoms with Crippen LogP contribution in [0.2, 0.25) is 0 Å². The minimum atomic E-state index is -0.397. The molecular formula is C24H33NO4S. The molecule has 1 aliphatic rings. The maximum absolute atomic E-state index is 12.3. The first-order valence-electron chi connectivity index (χ1n) is 11.0. The molecule has 0 aromatic heterocycles. The van der Waals surface area contributed by atoms with E-state index in [2.05, 4.69) is 6.92 Å². The molecule has 1 aliphatic heterocycles. The zero-order valence-corrected chi connectivity index (χ0v) is 18.7. The fourth-order valence-electron chi connectivity index (χ4n) is 3.54. The molecule has 1 heterocycles. The van der Waals surface area contributed by atoms with Gasteiger partial charge in [0.2, 0.25) is 0 Å². The van der Waals surface area contributed by atoms with Crippen LogP contribution >= 0.6 is 12.2 Å². The zero-order valence-electron chi connectivity index (χ0n) is 17.9. The predicted octanol–water partition coefficient (Wildman–Crippen LogP) is 5.92. The molecule has 30 heavy (non-hydrogen) atoms. The monoisotopic (exact) mass is 431 g/mol. The first kappa shape index (κ1) is 24.1. The summed E-state index contributed by atoms with van der Waals surface area (Å²) in [6, 6.07) is 6.69. The van der Waals surface area contributed by atoms with Gasteiger partial charge < -0.3 is 14.7 Å². The van der Waals surface area contributed by atoms with E-state index in [1.165, 1.54) is 61.6 Å². The van der Waals surface area contributed by atoms with E-state index in [-0.39, 0.29) is 23.8 Å². The molecule has 6 heteroatoms. The van der Waals surface area contributed by atoms with Crippen LogP contribution in [-0.2, 0) is 9.53 Å². The van der Waals surface area contributed by atoms with Crippen LogP contribution in [0.3, 0.4) is 0 Å². The molecule has 2 rings (SSSR count). The molecule has 0 unspecified atom stereocenters. The van der Waals surface area contributed by atoms with Gasteiger partial charge in [0.15, 0.2) is 0 Å². The number of thiocarbonyl (C=S) groups is 1. The van der Waals surface area contributed by atoms with Gasteiger partial charge in [-0.25, -0.2) is 4.79 Å². The topological polar surface area (TPSA) is 66.8 Å². The lowest BCUT2D eigenvalue weighted by molar-refractivity contribution is -0.114. The van der Waals surface area contributed by atoms with Gasteiger partial charge in [-0.2, -0.15) is 0 Å². The number of carbonyl (C=O) groups is 2. The molecule has 5 nitrogen and oxygen atoms in total. The molecule has 0 aliphatic carbocycles. The van der Waals surface area contributed by atoms with Crippen molar-refractivity contribution in [3.8, 4) is 0 Å². The van der Waals surface area contributed by atoms with Gasteiger partial charge in [-0.15, -0.1) is 0 Å². The largest absolute Gasteiger partial charge is 0.510 e. The molecule has 1 amide bonds. The number of benzene rings is 1. The van der Waals surface area contributed by atoms with Gasteiger partial charge in [0.05, 0.1) is 24.3 Å². The number of aliphatic hydroxyl groups excluding tert-OH is 1. The number of carbonyl (C=O) groups excluding carboxylic acids is 2. The predicted molar refractivity (Wildman–Crippen MR) is 124 cm³/mol. The van der Waals surface area contributed by atoms with Crippen molar-refractivity contribution < 1.29 is 19.4 Å². The van der Waals surface area contributed by atoms with E-state index in [9.17, 15) is 14.7 Å². The van der Waals surface area contributed by atoms with E-state index in [0.29, 0.717) is 17.9 Å². The Balaban J connectivity index is 1.68. The Kier molecular flexibility index (Phi) is 10.6. The average Bonchev–Trinajstić information content (AvgIpc) is 3.05. The highest BCUT2D eigenvalue weighted by molar-refractivity contribution is 7.79. The lowest BCUT2D eigenvalue weighted by Crippen LogP contribution is -2.27.